The van der Waals surface area contributed by atoms with Gasteiger partial charge in [-0.1, -0.05) is 50.6 Å². The van der Waals surface area contributed by atoms with Crippen LogP contribution in [0.25, 0.3) is 0 Å². The van der Waals surface area contributed by atoms with E-state index in [2.05, 4.69) is 61.8 Å². The molecule has 0 bridgehead atoms. The van der Waals surface area contributed by atoms with Gasteiger partial charge in [-0.15, -0.1) is 0 Å². The number of hydrogen-bond acceptors (Lipinski definition) is 4. The maximum atomic E-state index is 12.6. The number of aryl methyl sites for hydroxylation is 2. The average Bonchev–Trinajstić information content (AvgIpc) is 3.00. The molecule has 1 aliphatic heterocycles. The first-order valence-corrected chi connectivity index (χ1v) is 10.3. The summed E-state index contributed by atoms with van der Waals surface area (Å²) < 4.78 is 5.93. The molecule has 0 atom stereocenters. The first-order chi connectivity index (χ1) is 13.3. The van der Waals surface area contributed by atoms with Crippen molar-refractivity contribution < 1.29 is 9.21 Å². The Bertz CT molecular complexity index is 774. The maximum absolute atomic E-state index is 12.6. The fourth-order valence-corrected chi connectivity index (χ4v) is 3.46. The van der Waals surface area contributed by atoms with Gasteiger partial charge in [0, 0.05) is 38.0 Å². The van der Waals surface area contributed by atoms with E-state index >= 15 is 0 Å². The van der Waals surface area contributed by atoms with Gasteiger partial charge < -0.3 is 9.32 Å². The molecule has 1 aliphatic rings. The van der Waals surface area contributed by atoms with Crippen LogP contribution in [0.2, 0.25) is 0 Å². The predicted octanol–water partition coefficient (Wildman–Crippen LogP) is 3.95. The summed E-state index contributed by atoms with van der Waals surface area (Å²) >= 11 is 0. The molecule has 152 valence electrons. The highest BCUT2D eigenvalue weighted by Crippen LogP contribution is 2.23. The second kappa shape index (κ2) is 8.91. The molecule has 0 N–H and O–H groups in total. The lowest BCUT2D eigenvalue weighted by Gasteiger charge is -2.21. The van der Waals surface area contributed by atoms with Crippen LogP contribution in [-0.4, -0.2) is 46.9 Å². The minimum absolute atomic E-state index is 0.0231. The lowest BCUT2D eigenvalue weighted by atomic mass is 9.94. The number of benzene rings is 1. The summed E-state index contributed by atoms with van der Waals surface area (Å²) in [6.45, 7) is 12.6. The van der Waals surface area contributed by atoms with E-state index in [1.807, 2.05) is 11.1 Å². The van der Waals surface area contributed by atoms with Crippen molar-refractivity contribution in [2.75, 3.05) is 26.2 Å². The summed E-state index contributed by atoms with van der Waals surface area (Å²) in [7, 11) is 0. The molecular weight excluding hydrogens is 350 g/mol. The van der Waals surface area contributed by atoms with Crippen molar-refractivity contribution in [3.8, 4) is 0 Å². The Kier molecular flexibility index (Phi) is 6.55. The zero-order chi connectivity index (χ0) is 20.1. The molecule has 1 amide bonds. The van der Waals surface area contributed by atoms with Crippen LogP contribution in [0.1, 0.15) is 56.4 Å². The predicted molar refractivity (Wildman–Crippen MR) is 111 cm³/mol. The summed E-state index contributed by atoms with van der Waals surface area (Å²) in [6, 6.07) is 8.46. The summed E-state index contributed by atoms with van der Waals surface area (Å²) in [5.41, 5.74) is 2.46. The molecule has 0 saturated carbocycles. The Morgan fingerprint density at radius 3 is 2.54 bits per heavy atom. The number of nitrogens with zero attached hydrogens (tertiary/aromatic N) is 3. The molecule has 1 saturated heterocycles. The highest BCUT2D eigenvalue weighted by Gasteiger charge is 2.22. The van der Waals surface area contributed by atoms with Gasteiger partial charge in [-0.3, -0.25) is 9.69 Å². The average molecular weight is 384 g/mol. The summed E-state index contributed by atoms with van der Waals surface area (Å²) in [6.07, 6.45) is 4.22. The van der Waals surface area contributed by atoms with E-state index in [1.165, 1.54) is 11.1 Å². The van der Waals surface area contributed by atoms with Gasteiger partial charge in [0.05, 0.1) is 12.7 Å². The van der Waals surface area contributed by atoms with Gasteiger partial charge in [0.1, 0.15) is 5.76 Å². The van der Waals surface area contributed by atoms with Gasteiger partial charge in [0.15, 0.2) is 0 Å². The number of amides is 1. The van der Waals surface area contributed by atoms with Crippen molar-refractivity contribution in [2.24, 2.45) is 0 Å². The lowest BCUT2D eigenvalue weighted by Crippen LogP contribution is -2.35. The Morgan fingerprint density at radius 1 is 1.11 bits per heavy atom. The van der Waals surface area contributed by atoms with Crippen LogP contribution < -0.4 is 0 Å². The molecule has 1 aromatic carbocycles. The van der Waals surface area contributed by atoms with Gasteiger partial charge in [0.2, 0.25) is 11.8 Å². The molecule has 0 spiro atoms. The number of hydrogen-bond donors (Lipinski definition) is 0. The summed E-state index contributed by atoms with van der Waals surface area (Å²) in [5, 5.41) is 0. The van der Waals surface area contributed by atoms with Gasteiger partial charge in [-0.25, -0.2) is 4.98 Å². The van der Waals surface area contributed by atoms with Crippen molar-refractivity contribution >= 4 is 5.91 Å². The number of carbonyl (C=O) groups excluding carboxylic acids is 1. The normalized spacial score (nSPS) is 16.2. The van der Waals surface area contributed by atoms with Crippen molar-refractivity contribution in [3.05, 3.63) is 53.2 Å². The highest BCUT2D eigenvalue weighted by atomic mass is 16.4. The van der Waals surface area contributed by atoms with E-state index in [9.17, 15) is 4.79 Å². The van der Waals surface area contributed by atoms with E-state index < -0.39 is 0 Å². The molecule has 0 aliphatic carbocycles. The first kappa shape index (κ1) is 20.6. The van der Waals surface area contributed by atoms with Crippen LogP contribution in [0.3, 0.4) is 0 Å². The minimum Gasteiger partial charge on any atom is -0.444 e. The summed E-state index contributed by atoms with van der Waals surface area (Å²) in [5.74, 6) is 1.95. The Hall–Kier alpha value is -2.14. The fourth-order valence-electron chi connectivity index (χ4n) is 3.46. The van der Waals surface area contributed by atoms with Gasteiger partial charge >= 0.3 is 0 Å². The van der Waals surface area contributed by atoms with Crippen molar-refractivity contribution in [2.45, 2.75) is 58.9 Å². The molecule has 5 heteroatoms. The SMILES string of the molecule is Cc1ccc(CCC(=O)N2CCCN(Cc3ncc(C(C)(C)C)o3)CC2)cc1. The van der Waals surface area contributed by atoms with E-state index in [0.29, 0.717) is 13.0 Å². The highest BCUT2D eigenvalue weighted by molar-refractivity contribution is 5.76. The zero-order valence-electron chi connectivity index (χ0n) is 17.7. The van der Waals surface area contributed by atoms with E-state index in [0.717, 1.165) is 50.7 Å². The third-order valence-electron chi connectivity index (χ3n) is 5.34. The third kappa shape index (κ3) is 5.68. The lowest BCUT2D eigenvalue weighted by molar-refractivity contribution is -0.131. The molecule has 1 fully saturated rings. The molecule has 2 heterocycles. The van der Waals surface area contributed by atoms with Crippen molar-refractivity contribution in [1.29, 1.82) is 0 Å². The third-order valence-corrected chi connectivity index (χ3v) is 5.34. The van der Waals surface area contributed by atoms with Gasteiger partial charge in [-0.2, -0.15) is 0 Å². The largest absolute Gasteiger partial charge is 0.444 e. The first-order valence-electron chi connectivity index (χ1n) is 10.3. The second-order valence-corrected chi connectivity index (χ2v) is 8.86. The Labute approximate surface area is 168 Å². The second-order valence-electron chi connectivity index (χ2n) is 8.86. The number of oxazole rings is 1. The number of rotatable bonds is 5. The quantitative estimate of drug-likeness (QED) is 0.784. The van der Waals surface area contributed by atoms with E-state index in [1.54, 1.807) is 0 Å². The van der Waals surface area contributed by atoms with Crippen LogP contribution in [0.15, 0.2) is 34.9 Å². The monoisotopic (exact) mass is 383 g/mol. The Morgan fingerprint density at radius 2 is 1.86 bits per heavy atom. The van der Waals surface area contributed by atoms with Crippen LogP contribution in [0.5, 0.6) is 0 Å². The van der Waals surface area contributed by atoms with Crippen LogP contribution in [0, 0.1) is 6.92 Å². The fraction of sp³-hybridized carbons (Fsp3) is 0.565. The zero-order valence-corrected chi connectivity index (χ0v) is 17.7. The van der Waals surface area contributed by atoms with E-state index in [-0.39, 0.29) is 11.3 Å². The molecule has 2 aromatic rings. The van der Waals surface area contributed by atoms with Gasteiger partial charge in [0.25, 0.3) is 0 Å². The standard InChI is InChI=1S/C23H33N3O2/c1-18-6-8-19(9-7-18)10-11-22(27)26-13-5-12-25(14-15-26)17-21-24-16-20(28-21)23(2,3)4/h6-9,16H,5,10-15,17H2,1-4H3. The molecule has 0 radical (unpaired) electrons. The topological polar surface area (TPSA) is 49.6 Å². The number of carbonyl (C=O) groups is 1. The molecule has 28 heavy (non-hydrogen) atoms. The van der Waals surface area contributed by atoms with Crippen LogP contribution in [0.4, 0.5) is 0 Å². The van der Waals surface area contributed by atoms with Gasteiger partial charge in [-0.05, 0) is 25.3 Å². The molecule has 5 nitrogen and oxygen atoms in total. The van der Waals surface area contributed by atoms with Crippen LogP contribution in [-0.2, 0) is 23.2 Å². The number of aromatic nitrogens is 1. The van der Waals surface area contributed by atoms with Crippen molar-refractivity contribution in [3.63, 3.8) is 0 Å². The summed E-state index contributed by atoms with van der Waals surface area (Å²) in [4.78, 5) is 21.4. The Balaban J connectivity index is 1.48. The molecule has 3 rings (SSSR count). The molecule has 1 aromatic heterocycles. The maximum Gasteiger partial charge on any atom is 0.222 e. The molecule has 0 unspecified atom stereocenters. The van der Waals surface area contributed by atoms with Crippen LogP contribution >= 0.6 is 0 Å². The smallest absolute Gasteiger partial charge is 0.222 e. The molecular formula is C23H33N3O2. The minimum atomic E-state index is -0.0231. The van der Waals surface area contributed by atoms with E-state index in [4.69, 9.17) is 4.42 Å². The van der Waals surface area contributed by atoms with Crippen molar-refractivity contribution in [1.82, 2.24) is 14.8 Å².